The molecule has 1 aromatic heterocycles. The predicted molar refractivity (Wildman–Crippen MR) is 65.7 cm³/mol. The van der Waals surface area contributed by atoms with Crippen LogP contribution >= 0.6 is 0 Å². The summed E-state index contributed by atoms with van der Waals surface area (Å²) in [5.74, 6) is 0.469. The van der Waals surface area contributed by atoms with Gasteiger partial charge >= 0.3 is 0 Å². The third-order valence-electron chi connectivity index (χ3n) is 2.35. The normalized spacial score (nSPS) is 12.6. The fourth-order valence-corrected chi connectivity index (χ4v) is 1.49. The average Bonchev–Trinajstić information content (AvgIpc) is 2.38. The molecule has 17 heavy (non-hydrogen) atoms. The van der Waals surface area contributed by atoms with Crippen LogP contribution in [0.1, 0.15) is 0 Å². The van der Waals surface area contributed by atoms with Gasteiger partial charge in [0.15, 0.2) is 0 Å². The van der Waals surface area contributed by atoms with Crippen LogP contribution in [-0.2, 0) is 4.74 Å². The Morgan fingerprint density at radius 1 is 1.29 bits per heavy atom. The van der Waals surface area contributed by atoms with Crippen LogP contribution in [0.3, 0.4) is 0 Å². The highest BCUT2D eigenvalue weighted by Crippen LogP contribution is 2.09. The number of rotatable bonds is 5. The molecule has 6 heteroatoms. The standard InChI is InChI=1S/C11H15N5O/c1-17-7-8(6-12)13-11-14-9-4-2-3-5-10(9)15-16-11/h2-5,8H,6-7,12H2,1H3,(H,13,14,16). The van der Waals surface area contributed by atoms with Crippen LogP contribution in [-0.4, -0.2) is 41.5 Å². The van der Waals surface area contributed by atoms with Gasteiger partial charge in [0.1, 0.15) is 5.52 Å². The highest BCUT2D eigenvalue weighted by atomic mass is 16.5. The van der Waals surface area contributed by atoms with Gasteiger partial charge in [-0.2, -0.15) is 0 Å². The first kappa shape index (κ1) is 11.7. The molecule has 0 spiro atoms. The molecule has 1 aromatic carbocycles. The quantitative estimate of drug-likeness (QED) is 0.778. The van der Waals surface area contributed by atoms with Gasteiger partial charge in [-0.25, -0.2) is 4.98 Å². The summed E-state index contributed by atoms with van der Waals surface area (Å²) in [7, 11) is 1.63. The van der Waals surface area contributed by atoms with Crippen LogP contribution < -0.4 is 11.1 Å². The lowest BCUT2D eigenvalue weighted by atomic mass is 10.3. The van der Waals surface area contributed by atoms with E-state index in [4.69, 9.17) is 10.5 Å². The first-order valence-corrected chi connectivity index (χ1v) is 5.38. The highest BCUT2D eigenvalue weighted by Gasteiger charge is 2.08. The van der Waals surface area contributed by atoms with Crippen molar-refractivity contribution in [2.24, 2.45) is 5.73 Å². The number of methoxy groups -OCH3 is 1. The molecule has 6 nitrogen and oxygen atoms in total. The zero-order chi connectivity index (χ0) is 12.1. The van der Waals surface area contributed by atoms with Gasteiger partial charge < -0.3 is 15.8 Å². The van der Waals surface area contributed by atoms with Crippen LogP contribution in [0, 0.1) is 0 Å². The summed E-state index contributed by atoms with van der Waals surface area (Å²) in [6, 6.07) is 7.57. The number of para-hydroxylation sites is 1. The lowest BCUT2D eigenvalue weighted by molar-refractivity contribution is 0.187. The molecule has 0 aliphatic rings. The maximum absolute atomic E-state index is 5.60. The first-order valence-electron chi connectivity index (χ1n) is 5.38. The Morgan fingerprint density at radius 3 is 2.76 bits per heavy atom. The number of anilines is 1. The van der Waals surface area contributed by atoms with Gasteiger partial charge in [-0.1, -0.05) is 12.1 Å². The van der Waals surface area contributed by atoms with Crippen molar-refractivity contribution in [3.05, 3.63) is 24.3 Å². The summed E-state index contributed by atoms with van der Waals surface area (Å²) in [6.45, 7) is 0.955. The molecule has 0 saturated carbocycles. The Morgan fingerprint density at radius 2 is 2.06 bits per heavy atom. The van der Waals surface area contributed by atoms with Gasteiger partial charge in [0.05, 0.1) is 18.2 Å². The van der Waals surface area contributed by atoms with Gasteiger partial charge in [-0.05, 0) is 12.1 Å². The van der Waals surface area contributed by atoms with Crippen molar-refractivity contribution in [2.75, 3.05) is 25.6 Å². The minimum absolute atomic E-state index is 0.0111. The van der Waals surface area contributed by atoms with E-state index >= 15 is 0 Å². The second-order valence-corrected chi connectivity index (χ2v) is 3.66. The number of nitrogens with zero attached hydrogens (tertiary/aromatic N) is 3. The van der Waals surface area contributed by atoms with Gasteiger partial charge in [0.2, 0.25) is 5.95 Å². The monoisotopic (exact) mass is 233 g/mol. The summed E-state index contributed by atoms with van der Waals surface area (Å²) in [6.07, 6.45) is 0. The van der Waals surface area contributed by atoms with E-state index in [1.807, 2.05) is 24.3 Å². The van der Waals surface area contributed by atoms with Crippen molar-refractivity contribution in [1.82, 2.24) is 15.2 Å². The molecule has 0 bridgehead atoms. The Kier molecular flexibility index (Phi) is 3.79. The number of benzene rings is 1. The fourth-order valence-electron chi connectivity index (χ4n) is 1.49. The summed E-state index contributed by atoms with van der Waals surface area (Å²) in [5, 5.41) is 11.2. The summed E-state index contributed by atoms with van der Waals surface area (Å²) >= 11 is 0. The second-order valence-electron chi connectivity index (χ2n) is 3.66. The zero-order valence-corrected chi connectivity index (χ0v) is 9.63. The van der Waals surface area contributed by atoms with Gasteiger partial charge in [-0.3, -0.25) is 0 Å². The first-order chi connectivity index (χ1) is 8.33. The van der Waals surface area contributed by atoms with Crippen LogP contribution in [0.5, 0.6) is 0 Å². The molecule has 0 amide bonds. The maximum Gasteiger partial charge on any atom is 0.243 e. The Bertz CT molecular complexity index is 490. The van der Waals surface area contributed by atoms with E-state index in [1.165, 1.54) is 0 Å². The molecule has 0 fully saturated rings. The lowest BCUT2D eigenvalue weighted by Crippen LogP contribution is -2.33. The topological polar surface area (TPSA) is 86.0 Å². The third kappa shape index (κ3) is 2.86. The molecule has 2 aromatic rings. The molecule has 1 unspecified atom stereocenters. The number of aromatic nitrogens is 3. The number of fused-ring (bicyclic) bond motifs is 1. The molecular weight excluding hydrogens is 218 g/mol. The predicted octanol–water partition coefficient (Wildman–Crippen LogP) is 0.410. The fraction of sp³-hybridized carbons (Fsp3) is 0.364. The maximum atomic E-state index is 5.60. The number of nitrogens with two attached hydrogens (primary N) is 1. The summed E-state index contributed by atoms with van der Waals surface area (Å²) in [5.41, 5.74) is 7.18. The van der Waals surface area contributed by atoms with Gasteiger partial charge in [-0.15, -0.1) is 10.2 Å². The van der Waals surface area contributed by atoms with E-state index in [1.54, 1.807) is 7.11 Å². The molecule has 0 aliphatic carbocycles. The van der Waals surface area contributed by atoms with Crippen LogP contribution in [0.2, 0.25) is 0 Å². The number of hydrogen-bond donors (Lipinski definition) is 2. The van der Waals surface area contributed by atoms with Crippen molar-refractivity contribution in [1.29, 1.82) is 0 Å². The van der Waals surface area contributed by atoms with Crippen LogP contribution in [0.15, 0.2) is 24.3 Å². The highest BCUT2D eigenvalue weighted by molar-refractivity contribution is 5.74. The van der Waals surface area contributed by atoms with Crippen LogP contribution in [0.25, 0.3) is 11.0 Å². The van der Waals surface area contributed by atoms with Crippen molar-refractivity contribution in [3.63, 3.8) is 0 Å². The minimum atomic E-state index is -0.0111. The van der Waals surface area contributed by atoms with Crippen molar-refractivity contribution in [3.8, 4) is 0 Å². The molecule has 1 atom stereocenters. The number of hydrogen-bond acceptors (Lipinski definition) is 6. The van der Waals surface area contributed by atoms with Crippen molar-refractivity contribution >= 4 is 17.0 Å². The molecular formula is C11H15N5O. The van der Waals surface area contributed by atoms with E-state index < -0.39 is 0 Å². The molecule has 90 valence electrons. The smallest absolute Gasteiger partial charge is 0.243 e. The average molecular weight is 233 g/mol. The molecule has 0 radical (unpaired) electrons. The van der Waals surface area contributed by atoms with E-state index in [2.05, 4.69) is 20.5 Å². The van der Waals surface area contributed by atoms with E-state index in [-0.39, 0.29) is 6.04 Å². The van der Waals surface area contributed by atoms with E-state index in [0.29, 0.717) is 19.1 Å². The Hall–Kier alpha value is -1.79. The Labute approximate surface area is 99.2 Å². The SMILES string of the molecule is COCC(CN)Nc1nnc2ccccc2n1. The van der Waals surface area contributed by atoms with E-state index in [0.717, 1.165) is 11.0 Å². The molecule has 2 rings (SSSR count). The Balaban J connectivity index is 2.18. The largest absolute Gasteiger partial charge is 0.383 e. The third-order valence-corrected chi connectivity index (χ3v) is 2.35. The van der Waals surface area contributed by atoms with Crippen LogP contribution in [0.4, 0.5) is 5.95 Å². The van der Waals surface area contributed by atoms with E-state index in [9.17, 15) is 0 Å². The molecule has 1 heterocycles. The van der Waals surface area contributed by atoms with Crippen molar-refractivity contribution in [2.45, 2.75) is 6.04 Å². The zero-order valence-electron chi connectivity index (χ0n) is 9.63. The summed E-state index contributed by atoms with van der Waals surface area (Å²) in [4.78, 5) is 4.35. The van der Waals surface area contributed by atoms with Gasteiger partial charge in [0.25, 0.3) is 0 Å². The summed E-state index contributed by atoms with van der Waals surface area (Å²) < 4.78 is 5.04. The lowest BCUT2D eigenvalue weighted by Gasteiger charge is -2.15. The van der Waals surface area contributed by atoms with Crippen molar-refractivity contribution < 1.29 is 4.74 Å². The minimum Gasteiger partial charge on any atom is -0.383 e. The number of ether oxygens (including phenoxy) is 1. The molecule has 3 N–H and O–H groups in total. The number of nitrogens with one attached hydrogen (secondary N) is 1. The molecule has 0 saturated heterocycles. The molecule has 0 aliphatic heterocycles. The van der Waals surface area contributed by atoms with Gasteiger partial charge in [0, 0.05) is 13.7 Å². The second kappa shape index (κ2) is 5.51.